The van der Waals surface area contributed by atoms with Crippen LogP contribution in [0.4, 0.5) is 0 Å². The molecule has 1 aliphatic rings. The van der Waals surface area contributed by atoms with E-state index in [1.165, 1.54) is 24.8 Å². The maximum absolute atomic E-state index is 6.07. The van der Waals surface area contributed by atoms with E-state index >= 15 is 0 Å². The largest absolute Gasteiger partial charge is 0.490 e. The van der Waals surface area contributed by atoms with Crippen molar-refractivity contribution in [2.24, 2.45) is 4.99 Å². The number of unbranched alkanes of at least 4 members (excludes halogenated alkanes) is 1. The van der Waals surface area contributed by atoms with Gasteiger partial charge in [-0.25, -0.2) is 0 Å². The molecule has 0 radical (unpaired) electrons. The van der Waals surface area contributed by atoms with Crippen molar-refractivity contribution in [3.63, 3.8) is 0 Å². The topological polar surface area (TPSA) is 54.9 Å². The third kappa shape index (κ3) is 8.27. The van der Waals surface area contributed by atoms with Gasteiger partial charge in [0, 0.05) is 38.9 Å². The van der Waals surface area contributed by atoms with Crippen LogP contribution in [0.15, 0.2) is 29.3 Å². The summed E-state index contributed by atoms with van der Waals surface area (Å²) in [6.07, 6.45) is 6.16. The van der Waals surface area contributed by atoms with E-state index < -0.39 is 0 Å². The SMILES string of the molecule is CCOCCCCNC(=NC)NCc1ccccc1OC1CCC1.I. The molecule has 0 bridgehead atoms. The van der Waals surface area contributed by atoms with E-state index in [0.29, 0.717) is 12.6 Å². The molecule has 0 heterocycles. The molecule has 0 aromatic heterocycles. The first-order valence-corrected chi connectivity index (χ1v) is 9.10. The summed E-state index contributed by atoms with van der Waals surface area (Å²) < 4.78 is 11.4. The van der Waals surface area contributed by atoms with Crippen molar-refractivity contribution in [1.82, 2.24) is 10.6 Å². The number of hydrogen-bond acceptors (Lipinski definition) is 3. The predicted octanol–water partition coefficient (Wildman–Crippen LogP) is 3.72. The summed E-state index contributed by atoms with van der Waals surface area (Å²) in [5.74, 6) is 1.81. The van der Waals surface area contributed by atoms with Crippen LogP contribution in [0.3, 0.4) is 0 Å². The molecule has 1 fully saturated rings. The van der Waals surface area contributed by atoms with Crippen molar-refractivity contribution in [1.29, 1.82) is 0 Å². The first-order valence-electron chi connectivity index (χ1n) is 9.10. The molecular formula is C19H32IN3O2. The number of nitrogens with one attached hydrogen (secondary N) is 2. The highest BCUT2D eigenvalue weighted by atomic mass is 127. The van der Waals surface area contributed by atoms with Crippen molar-refractivity contribution in [2.45, 2.75) is 51.7 Å². The molecule has 5 nitrogen and oxygen atoms in total. The van der Waals surface area contributed by atoms with Crippen LogP contribution in [0.2, 0.25) is 0 Å². The number of benzene rings is 1. The van der Waals surface area contributed by atoms with Gasteiger partial charge in [-0.1, -0.05) is 18.2 Å². The number of rotatable bonds is 10. The van der Waals surface area contributed by atoms with E-state index in [1.807, 2.05) is 13.0 Å². The van der Waals surface area contributed by atoms with Crippen LogP contribution in [0.1, 0.15) is 44.6 Å². The van der Waals surface area contributed by atoms with E-state index in [1.54, 1.807) is 7.05 Å². The molecule has 0 aliphatic heterocycles. The highest BCUT2D eigenvalue weighted by molar-refractivity contribution is 14.0. The first-order chi connectivity index (χ1) is 11.8. The van der Waals surface area contributed by atoms with Gasteiger partial charge in [0.2, 0.25) is 0 Å². The Morgan fingerprint density at radius 3 is 2.68 bits per heavy atom. The summed E-state index contributed by atoms with van der Waals surface area (Å²) in [5.41, 5.74) is 1.17. The average Bonchev–Trinajstić information content (AvgIpc) is 2.57. The number of guanidine groups is 1. The van der Waals surface area contributed by atoms with Gasteiger partial charge < -0.3 is 20.1 Å². The predicted molar refractivity (Wildman–Crippen MR) is 114 cm³/mol. The number of hydrogen-bond donors (Lipinski definition) is 2. The zero-order chi connectivity index (χ0) is 17.0. The summed E-state index contributed by atoms with van der Waals surface area (Å²) in [4.78, 5) is 4.28. The Morgan fingerprint density at radius 1 is 1.20 bits per heavy atom. The fraction of sp³-hybridized carbons (Fsp3) is 0.632. The molecule has 1 aromatic rings. The van der Waals surface area contributed by atoms with Crippen LogP contribution >= 0.6 is 24.0 Å². The maximum atomic E-state index is 6.07. The third-order valence-corrected chi connectivity index (χ3v) is 4.20. The van der Waals surface area contributed by atoms with Crippen molar-refractivity contribution in [2.75, 3.05) is 26.8 Å². The van der Waals surface area contributed by atoms with Crippen LogP contribution < -0.4 is 15.4 Å². The quantitative estimate of drug-likeness (QED) is 0.242. The molecule has 0 spiro atoms. The second-order valence-corrected chi connectivity index (χ2v) is 6.04. The van der Waals surface area contributed by atoms with Gasteiger partial charge in [0.25, 0.3) is 0 Å². The lowest BCUT2D eigenvalue weighted by Gasteiger charge is -2.27. The van der Waals surface area contributed by atoms with Crippen molar-refractivity contribution < 1.29 is 9.47 Å². The van der Waals surface area contributed by atoms with Gasteiger partial charge in [-0.05, 0) is 45.1 Å². The number of aliphatic imine (C=N–C) groups is 1. The second-order valence-electron chi connectivity index (χ2n) is 6.04. The lowest BCUT2D eigenvalue weighted by Crippen LogP contribution is -2.37. The molecule has 0 atom stereocenters. The summed E-state index contributed by atoms with van der Waals surface area (Å²) in [6.45, 7) is 5.25. The molecule has 0 unspecified atom stereocenters. The Bertz CT molecular complexity index is 507. The van der Waals surface area contributed by atoms with E-state index in [-0.39, 0.29) is 24.0 Å². The highest BCUT2D eigenvalue weighted by Gasteiger charge is 2.20. The van der Waals surface area contributed by atoms with Crippen LogP contribution in [0.25, 0.3) is 0 Å². The number of nitrogens with zero attached hydrogens (tertiary/aromatic N) is 1. The van der Waals surface area contributed by atoms with Gasteiger partial charge in [0.15, 0.2) is 5.96 Å². The molecular weight excluding hydrogens is 429 g/mol. The minimum absolute atomic E-state index is 0. The van der Waals surface area contributed by atoms with Crippen LogP contribution in [-0.2, 0) is 11.3 Å². The molecule has 2 rings (SSSR count). The average molecular weight is 461 g/mol. The second kappa shape index (κ2) is 13.2. The lowest BCUT2D eigenvalue weighted by molar-refractivity contribution is 0.119. The number of halogens is 1. The fourth-order valence-corrected chi connectivity index (χ4v) is 2.51. The molecule has 142 valence electrons. The minimum atomic E-state index is 0. The molecule has 25 heavy (non-hydrogen) atoms. The number of para-hydroxylation sites is 1. The molecule has 0 saturated heterocycles. The molecule has 1 aliphatic carbocycles. The van der Waals surface area contributed by atoms with E-state index in [2.05, 4.69) is 33.8 Å². The van der Waals surface area contributed by atoms with Crippen LogP contribution in [0, 0.1) is 0 Å². The van der Waals surface area contributed by atoms with Gasteiger partial charge in [-0.2, -0.15) is 0 Å². The van der Waals surface area contributed by atoms with Crippen LogP contribution in [0.5, 0.6) is 5.75 Å². The van der Waals surface area contributed by atoms with E-state index in [9.17, 15) is 0 Å². The molecule has 0 amide bonds. The first kappa shape index (κ1) is 22.0. The molecule has 6 heteroatoms. The summed E-state index contributed by atoms with van der Waals surface area (Å²) in [5, 5.41) is 6.71. The summed E-state index contributed by atoms with van der Waals surface area (Å²) in [7, 11) is 1.80. The third-order valence-electron chi connectivity index (χ3n) is 4.20. The van der Waals surface area contributed by atoms with Gasteiger partial charge in [-0.3, -0.25) is 4.99 Å². The van der Waals surface area contributed by atoms with Gasteiger partial charge in [-0.15, -0.1) is 24.0 Å². The van der Waals surface area contributed by atoms with Crippen molar-refractivity contribution >= 4 is 29.9 Å². The van der Waals surface area contributed by atoms with E-state index in [4.69, 9.17) is 9.47 Å². The Kier molecular flexibility index (Phi) is 11.6. The smallest absolute Gasteiger partial charge is 0.191 e. The Labute approximate surface area is 169 Å². The summed E-state index contributed by atoms with van der Waals surface area (Å²) >= 11 is 0. The van der Waals surface area contributed by atoms with Crippen LogP contribution in [-0.4, -0.2) is 38.9 Å². The van der Waals surface area contributed by atoms with E-state index in [0.717, 1.165) is 44.3 Å². The maximum Gasteiger partial charge on any atom is 0.191 e. The van der Waals surface area contributed by atoms with Gasteiger partial charge in [0.05, 0.1) is 6.10 Å². The molecule has 1 aromatic carbocycles. The zero-order valence-corrected chi connectivity index (χ0v) is 17.8. The Hall–Kier alpha value is -1.02. The Morgan fingerprint density at radius 2 is 2.00 bits per heavy atom. The monoisotopic (exact) mass is 461 g/mol. The lowest BCUT2D eigenvalue weighted by atomic mass is 9.96. The van der Waals surface area contributed by atoms with Gasteiger partial charge >= 0.3 is 0 Å². The standard InChI is InChI=1S/C19H31N3O2.HI/c1-3-23-14-7-6-13-21-19(20-2)22-15-16-9-4-5-12-18(16)24-17-10-8-11-17;/h4-5,9,12,17H,3,6-8,10-11,13-15H2,1-2H3,(H2,20,21,22);1H. The fourth-order valence-electron chi connectivity index (χ4n) is 2.51. The zero-order valence-electron chi connectivity index (χ0n) is 15.4. The van der Waals surface area contributed by atoms with Crippen molar-refractivity contribution in [3.05, 3.63) is 29.8 Å². The minimum Gasteiger partial charge on any atom is -0.490 e. The normalized spacial score (nSPS) is 14.4. The summed E-state index contributed by atoms with van der Waals surface area (Å²) in [6, 6.07) is 8.24. The molecule has 1 saturated carbocycles. The highest BCUT2D eigenvalue weighted by Crippen LogP contribution is 2.27. The van der Waals surface area contributed by atoms with Crippen molar-refractivity contribution in [3.8, 4) is 5.75 Å². The number of ether oxygens (including phenoxy) is 2. The molecule has 2 N–H and O–H groups in total. The Balaban J connectivity index is 0.00000312. The van der Waals surface area contributed by atoms with Gasteiger partial charge in [0.1, 0.15) is 5.75 Å².